The van der Waals surface area contributed by atoms with Gasteiger partial charge >= 0.3 is 0 Å². The Balaban J connectivity index is 2.28. The first kappa shape index (κ1) is 18.2. The molecular weight excluding hydrogens is 352 g/mol. The highest BCUT2D eigenvalue weighted by Gasteiger charge is 2.18. The van der Waals surface area contributed by atoms with E-state index in [9.17, 15) is 18.5 Å². The predicted molar refractivity (Wildman–Crippen MR) is 94.1 cm³/mol. The molecule has 0 bridgehead atoms. The van der Waals surface area contributed by atoms with Gasteiger partial charge in [0.2, 0.25) is 0 Å². The molecule has 1 atom stereocenters. The number of hydrogen-bond donors (Lipinski definition) is 1. The van der Waals surface area contributed by atoms with Crippen LogP contribution in [0.5, 0.6) is 0 Å². The first-order valence-corrected chi connectivity index (χ1v) is 9.17. The molecule has 1 unspecified atom stereocenters. The second kappa shape index (κ2) is 7.19. The maximum Gasteiger partial charge on any atom is 0.289 e. The molecule has 0 aliphatic carbocycles. The fraction of sp³-hybridized carbons (Fsp3) is 0.250. The quantitative estimate of drug-likeness (QED) is 0.597. The van der Waals surface area contributed by atoms with Gasteiger partial charge in [0.05, 0.1) is 15.5 Å². The third-order valence-electron chi connectivity index (χ3n) is 3.77. The molecule has 0 amide bonds. The minimum Gasteiger partial charge on any atom is -0.279 e. The van der Waals surface area contributed by atoms with Crippen molar-refractivity contribution in [3.8, 4) is 0 Å². The smallest absolute Gasteiger partial charge is 0.279 e. The second-order valence-electron chi connectivity index (χ2n) is 5.41. The van der Waals surface area contributed by atoms with Crippen LogP contribution in [0.2, 0.25) is 5.02 Å². The van der Waals surface area contributed by atoms with Crippen LogP contribution in [-0.2, 0) is 10.0 Å². The van der Waals surface area contributed by atoms with Crippen LogP contribution in [-0.4, -0.2) is 13.3 Å². The van der Waals surface area contributed by atoms with Crippen molar-refractivity contribution in [3.05, 3.63) is 63.2 Å². The topological polar surface area (TPSA) is 89.3 Å². The SMILES string of the molecule is CCC(C)c1ccc(S(=O)(=O)Nc2ccc(Cl)c([N+](=O)[O-])c2)cc1. The summed E-state index contributed by atoms with van der Waals surface area (Å²) in [6.45, 7) is 4.12. The predicted octanol–water partition coefficient (Wildman–Crippen LogP) is 4.56. The van der Waals surface area contributed by atoms with Gasteiger partial charge in [0.1, 0.15) is 5.02 Å². The van der Waals surface area contributed by atoms with Crippen molar-refractivity contribution in [1.29, 1.82) is 0 Å². The number of rotatable bonds is 6. The Hall–Kier alpha value is -2.12. The highest BCUT2D eigenvalue weighted by atomic mass is 35.5. The molecule has 0 aromatic heterocycles. The maximum atomic E-state index is 12.4. The monoisotopic (exact) mass is 368 g/mol. The second-order valence-corrected chi connectivity index (χ2v) is 7.50. The summed E-state index contributed by atoms with van der Waals surface area (Å²) in [5.74, 6) is 0.341. The minimum atomic E-state index is -3.83. The molecule has 2 aromatic carbocycles. The lowest BCUT2D eigenvalue weighted by molar-refractivity contribution is -0.384. The van der Waals surface area contributed by atoms with Gasteiger partial charge in [-0.2, -0.15) is 0 Å². The van der Waals surface area contributed by atoms with E-state index in [4.69, 9.17) is 11.6 Å². The van der Waals surface area contributed by atoms with Crippen LogP contribution in [0.4, 0.5) is 11.4 Å². The summed E-state index contributed by atoms with van der Waals surface area (Å²) in [5.41, 5.74) is 0.777. The summed E-state index contributed by atoms with van der Waals surface area (Å²) < 4.78 is 27.1. The number of sulfonamides is 1. The number of nitro groups is 1. The molecule has 0 aliphatic rings. The van der Waals surface area contributed by atoms with Crippen molar-refractivity contribution < 1.29 is 13.3 Å². The van der Waals surface area contributed by atoms with Crippen LogP contribution in [0.15, 0.2) is 47.4 Å². The largest absolute Gasteiger partial charge is 0.289 e. The Morgan fingerprint density at radius 1 is 1.21 bits per heavy atom. The van der Waals surface area contributed by atoms with Gasteiger partial charge in [-0.3, -0.25) is 14.8 Å². The number of nitro benzene ring substituents is 1. The van der Waals surface area contributed by atoms with Crippen LogP contribution in [0.3, 0.4) is 0 Å². The van der Waals surface area contributed by atoms with Gasteiger partial charge in [-0.05, 0) is 42.2 Å². The zero-order chi connectivity index (χ0) is 17.9. The van der Waals surface area contributed by atoms with Crippen molar-refractivity contribution in [2.75, 3.05) is 4.72 Å². The third-order valence-corrected chi connectivity index (χ3v) is 5.48. The Morgan fingerprint density at radius 3 is 2.38 bits per heavy atom. The van der Waals surface area contributed by atoms with Crippen molar-refractivity contribution in [2.45, 2.75) is 31.1 Å². The number of anilines is 1. The molecule has 128 valence electrons. The van der Waals surface area contributed by atoms with Gasteiger partial charge in [0.15, 0.2) is 0 Å². The summed E-state index contributed by atoms with van der Waals surface area (Å²) in [6.07, 6.45) is 0.957. The van der Waals surface area contributed by atoms with Crippen LogP contribution in [0, 0.1) is 10.1 Å². The lowest BCUT2D eigenvalue weighted by atomic mass is 9.99. The van der Waals surface area contributed by atoms with E-state index in [1.165, 1.54) is 24.3 Å². The summed E-state index contributed by atoms with van der Waals surface area (Å²) >= 11 is 5.72. The van der Waals surface area contributed by atoms with E-state index in [-0.39, 0.29) is 21.3 Å². The molecule has 0 fully saturated rings. The molecular formula is C16H17ClN2O4S. The Kier molecular flexibility index (Phi) is 5.46. The standard InChI is InChI=1S/C16H17ClN2O4S/c1-3-11(2)12-4-7-14(8-5-12)24(22,23)18-13-6-9-15(17)16(10-13)19(20)21/h4-11,18H,3H2,1-2H3. The molecule has 0 radical (unpaired) electrons. The highest BCUT2D eigenvalue weighted by Crippen LogP contribution is 2.29. The van der Waals surface area contributed by atoms with E-state index >= 15 is 0 Å². The minimum absolute atomic E-state index is 0.0548. The summed E-state index contributed by atoms with van der Waals surface area (Å²) in [5, 5.41) is 10.8. The van der Waals surface area contributed by atoms with E-state index in [0.29, 0.717) is 5.92 Å². The first-order valence-electron chi connectivity index (χ1n) is 7.31. The number of nitrogens with one attached hydrogen (secondary N) is 1. The maximum absolute atomic E-state index is 12.4. The van der Waals surface area contributed by atoms with Gasteiger partial charge in [-0.25, -0.2) is 8.42 Å². The van der Waals surface area contributed by atoms with E-state index in [1.54, 1.807) is 12.1 Å². The average Bonchev–Trinajstić information content (AvgIpc) is 2.55. The highest BCUT2D eigenvalue weighted by molar-refractivity contribution is 7.92. The summed E-state index contributed by atoms with van der Waals surface area (Å²) in [7, 11) is -3.83. The van der Waals surface area contributed by atoms with Crippen LogP contribution < -0.4 is 4.72 Å². The average molecular weight is 369 g/mol. The number of hydrogen-bond acceptors (Lipinski definition) is 4. The number of nitrogens with zero attached hydrogens (tertiary/aromatic N) is 1. The molecule has 0 saturated heterocycles. The number of halogens is 1. The van der Waals surface area contributed by atoms with Gasteiger partial charge in [0.25, 0.3) is 15.7 Å². The molecule has 1 N–H and O–H groups in total. The molecule has 0 spiro atoms. The normalized spacial score (nSPS) is 12.6. The van der Waals surface area contributed by atoms with Gasteiger partial charge < -0.3 is 0 Å². The third kappa shape index (κ3) is 4.04. The molecule has 24 heavy (non-hydrogen) atoms. The lowest BCUT2D eigenvalue weighted by Crippen LogP contribution is -2.13. The van der Waals surface area contributed by atoms with E-state index in [1.807, 2.05) is 0 Å². The van der Waals surface area contributed by atoms with Crippen molar-refractivity contribution in [3.63, 3.8) is 0 Å². The van der Waals surface area contributed by atoms with Crippen LogP contribution in [0.1, 0.15) is 31.7 Å². The molecule has 0 aliphatic heterocycles. The Labute approximate surface area is 145 Å². The molecule has 8 heteroatoms. The van der Waals surface area contributed by atoms with Crippen LogP contribution >= 0.6 is 11.6 Å². The zero-order valence-electron chi connectivity index (χ0n) is 13.2. The van der Waals surface area contributed by atoms with Crippen molar-refractivity contribution in [1.82, 2.24) is 0 Å². The summed E-state index contributed by atoms with van der Waals surface area (Å²) in [6, 6.07) is 10.3. The Morgan fingerprint density at radius 2 is 1.83 bits per heavy atom. The van der Waals surface area contributed by atoms with Crippen LogP contribution in [0.25, 0.3) is 0 Å². The number of benzene rings is 2. The molecule has 2 aromatic rings. The molecule has 6 nitrogen and oxygen atoms in total. The first-order chi connectivity index (χ1) is 11.2. The van der Waals surface area contributed by atoms with Gasteiger partial charge in [0, 0.05) is 6.07 Å². The molecule has 0 heterocycles. The molecule has 2 rings (SSSR count). The zero-order valence-corrected chi connectivity index (χ0v) is 14.8. The van der Waals surface area contributed by atoms with Crippen molar-refractivity contribution >= 4 is 33.0 Å². The van der Waals surface area contributed by atoms with E-state index in [0.717, 1.165) is 18.1 Å². The lowest BCUT2D eigenvalue weighted by Gasteiger charge is -2.11. The van der Waals surface area contributed by atoms with E-state index < -0.39 is 14.9 Å². The van der Waals surface area contributed by atoms with Gasteiger partial charge in [-0.15, -0.1) is 0 Å². The molecule has 0 saturated carbocycles. The van der Waals surface area contributed by atoms with E-state index in [2.05, 4.69) is 18.6 Å². The Bertz CT molecular complexity index is 851. The fourth-order valence-corrected chi connectivity index (χ4v) is 3.38. The fourth-order valence-electron chi connectivity index (χ4n) is 2.14. The van der Waals surface area contributed by atoms with Crippen molar-refractivity contribution in [2.24, 2.45) is 0 Å². The summed E-state index contributed by atoms with van der Waals surface area (Å²) in [4.78, 5) is 10.3. The van der Waals surface area contributed by atoms with Gasteiger partial charge in [-0.1, -0.05) is 37.6 Å².